The summed E-state index contributed by atoms with van der Waals surface area (Å²) in [4.78, 5) is 26.3. The zero-order valence-corrected chi connectivity index (χ0v) is 11.6. The second-order valence-electron chi connectivity index (χ2n) is 3.96. The molecule has 2 aromatic rings. The molecule has 0 unspecified atom stereocenters. The first kappa shape index (κ1) is 14.5. The van der Waals surface area contributed by atoms with Crippen molar-refractivity contribution in [3.05, 3.63) is 34.1 Å². The molecule has 2 rings (SSSR count). The molecule has 21 heavy (non-hydrogen) atoms. The number of fused-ring (bicyclic) bond motifs is 1. The van der Waals surface area contributed by atoms with E-state index < -0.39 is 10.9 Å². The molecule has 1 aromatic carbocycles. The van der Waals surface area contributed by atoms with E-state index in [2.05, 4.69) is 9.72 Å². The van der Waals surface area contributed by atoms with Crippen molar-refractivity contribution in [2.24, 2.45) is 0 Å². The molecule has 0 spiro atoms. The van der Waals surface area contributed by atoms with Crippen LogP contribution in [0.3, 0.4) is 0 Å². The lowest BCUT2D eigenvalue weighted by Gasteiger charge is -2.12. The van der Waals surface area contributed by atoms with Crippen molar-refractivity contribution in [2.45, 2.75) is 0 Å². The minimum absolute atomic E-state index is 0.0481. The molecule has 0 N–H and O–H groups in total. The van der Waals surface area contributed by atoms with Crippen molar-refractivity contribution in [1.29, 1.82) is 0 Å². The van der Waals surface area contributed by atoms with Gasteiger partial charge in [0.1, 0.15) is 0 Å². The van der Waals surface area contributed by atoms with Crippen molar-refractivity contribution in [3.8, 4) is 11.5 Å². The van der Waals surface area contributed by atoms with Gasteiger partial charge in [-0.05, 0) is 6.07 Å². The number of nitro benzene ring substituents is 1. The number of pyridine rings is 1. The lowest BCUT2D eigenvalue weighted by molar-refractivity contribution is -0.383. The Balaban J connectivity index is 2.98. The minimum atomic E-state index is -0.768. The number of benzene rings is 1. The molecule has 8 nitrogen and oxygen atoms in total. The summed E-state index contributed by atoms with van der Waals surface area (Å²) in [5, 5.41) is 11.7. The van der Waals surface area contributed by atoms with Gasteiger partial charge in [0.2, 0.25) is 0 Å². The Bertz CT molecular complexity index is 728. The summed E-state index contributed by atoms with van der Waals surface area (Å²) >= 11 is 0. The van der Waals surface area contributed by atoms with Crippen molar-refractivity contribution in [1.82, 2.24) is 4.98 Å². The molecule has 0 aliphatic carbocycles. The van der Waals surface area contributed by atoms with Gasteiger partial charge in [-0.2, -0.15) is 0 Å². The molecule has 8 heteroatoms. The predicted octanol–water partition coefficient (Wildman–Crippen LogP) is 1.95. The Hall–Kier alpha value is -2.90. The quantitative estimate of drug-likeness (QED) is 0.482. The highest BCUT2D eigenvalue weighted by molar-refractivity contribution is 6.09. The van der Waals surface area contributed by atoms with Crippen molar-refractivity contribution in [2.75, 3.05) is 21.3 Å². The van der Waals surface area contributed by atoms with E-state index in [0.29, 0.717) is 5.39 Å². The van der Waals surface area contributed by atoms with Gasteiger partial charge in [0, 0.05) is 11.6 Å². The lowest BCUT2D eigenvalue weighted by Crippen LogP contribution is -2.07. The van der Waals surface area contributed by atoms with Gasteiger partial charge in [-0.25, -0.2) is 9.78 Å². The largest absolute Gasteiger partial charge is 0.493 e. The molecule has 0 saturated carbocycles. The van der Waals surface area contributed by atoms with E-state index in [4.69, 9.17) is 9.47 Å². The summed E-state index contributed by atoms with van der Waals surface area (Å²) in [7, 11) is 3.95. The molecule has 0 aliphatic heterocycles. The summed E-state index contributed by atoms with van der Waals surface area (Å²) in [6.07, 6.45) is 1.35. The number of aromatic nitrogens is 1. The van der Waals surface area contributed by atoms with Gasteiger partial charge in [-0.15, -0.1) is 0 Å². The third kappa shape index (κ3) is 2.31. The first-order valence-corrected chi connectivity index (χ1v) is 5.81. The van der Waals surface area contributed by atoms with E-state index in [1.807, 2.05) is 0 Å². The fourth-order valence-corrected chi connectivity index (χ4v) is 2.06. The first-order chi connectivity index (χ1) is 10.0. The number of esters is 1. The summed E-state index contributed by atoms with van der Waals surface area (Å²) < 4.78 is 14.9. The van der Waals surface area contributed by atoms with Crippen LogP contribution in [0.2, 0.25) is 0 Å². The molecule has 110 valence electrons. The van der Waals surface area contributed by atoms with Crippen LogP contribution in [-0.2, 0) is 4.74 Å². The fraction of sp³-hybridized carbons (Fsp3) is 0.231. The lowest BCUT2D eigenvalue weighted by atomic mass is 10.1. The molecule has 1 heterocycles. The Morgan fingerprint density at radius 3 is 2.52 bits per heavy atom. The number of hydrogen-bond acceptors (Lipinski definition) is 7. The third-order valence-corrected chi connectivity index (χ3v) is 2.94. The van der Waals surface area contributed by atoms with Crippen LogP contribution in [-0.4, -0.2) is 37.2 Å². The van der Waals surface area contributed by atoms with Gasteiger partial charge in [0.15, 0.2) is 17.2 Å². The van der Waals surface area contributed by atoms with Gasteiger partial charge >= 0.3 is 5.97 Å². The Labute approximate surface area is 119 Å². The third-order valence-electron chi connectivity index (χ3n) is 2.94. The summed E-state index contributed by atoms with van der Waals surface area (Å²) in [6, 6.07) is 2.70. The van der Waals surface area contributed by atoms with Gasteiger partial charge in [-0.3, -0.25) is 10.1 Å². The van der Waals surface area contributed by atoms with Crippen molar-refractivity contribution >= 4 is 22.4 Å². The molecule has 0 aliphatic rings. The van der Waals surface area contributed by atoms with Gasteiger partial charge in [0.05, 0.1) is 37.7 Å². The second kappa shape index (κ2) is 5.61. The standard InChI is InChI=1S/C13H12N2O6/c1-19-9-6-8(15(17)18)10-7(12(9)20-2)4-5-14-11(10)13(16)21-3/h4-6H,1-3H3. The Kier molecular flexibility index (Phi) is 3.88. The average molecular weight is 292 g/mol. The fourth-order valence-electron chi connectivity index (χ4n) is 2.06. The van der Waals surface area contributed by atoms with Crippen LogP contribution >= 0.6 is 0 Å². The molecule has 0 bridgehead atoms. The minimum Gasteiger partial charge on any atom is -0.493 e. The van der Waals surface area contributed by atoms with Crippen LogP contribution in [0.1, 0.15) is 10.5 Å². The zero-order valence-electron chi connectivity index (χ0n) is 11.6. The number of rotatable bonds is 4. The van der Waals surface area contributed by atoms with Gasteiger partial charge < -0.3 is 14.2 Å². The van der Waals surface area contributed by atoms with E-state index in [0.717, 1.165) is 0 Å². The Morgan fingerprint density at radius 2 is 2.00 bits per heavy atom. The number of non-ortho nitro benzene ring substituents is 1. The summed E-state index contributed by atoms with van der Waals surface area (Å²) in [5.41, 5.74) is -0.459. The van der Waals surface area contributed by atoms with Crippen LogP contribution < -0.4 is 9.47 Å². The van der Waals surface area contributed by atoms with Gasteiger partial charge in [-0.1, -0.05) is 0 Å². The highest BCUT2D eigenvalue weighted by Gasteiger charge is 2.26. The summed E-state index contributed by atoms with van der Waals surface area (Å²) in [5.74, 6) is -0.291. The van der Waals surface area contributed by atoms with E-state index in [9.17, 15) is 14.9 Å². The van der Waals surface area contributed by atoms with Crippen LogP contribution in [0.25, 0.3) is 10.8 Å². The van der Waals surface area contributed by atoms with E-state index in [-0.39, 0.29) is 28.3 Å². The molecule has 0 amide bonds. The first-order valence-electron chi connectivity index (χ1n) is 5.81. The number of nitro groups is 1. The van der Waals surface area contributed by atoms with Crippen LogP contribution in [0.5, 0.6) is 11.5 Å². The number of nitrogens with zero attached hydrogens (tertiary/aromatic N) is 2. The second-order valence-corrected chi connectivity index (χ2v) is 3.96. The van der Waals surface area contributed by atoms with Gasteiger partial charge in [0.25, 0.3) is 5.69 Å². The zero-order chi connectivity index (χ0) is 15.6. The molecular formula is C13H12N2O6. The molecule has 0 saturated heterocycles. The number of carbonyl (C=O) groups excluding carboxylic acids is 1. The number of carbonyl (C=O) groups is 1. The number of methoxy groups -OCH3 is 3. The molecular weight excluding hydrogens is 280 g/mol. The highest BCUT2D eigenvalue weighted by atomic mass is 16.6. The molecule has 0 radical (unpaired) electrons. The van der Waals surface area contributed by atoms with E-state index >= 15 is 0 Å². The summed E-state index contributed by atoms with van der Waals surface area (Å²) in [6.45, 7) is 0. The predicted molar refractivity (Wildman–Crippen MR) is 72.8 cm³/mol. The highest BCUT2D eigenvalue weighted by Crippen LogP contribution is 2.42. The van der Waals surface area contributed by atoms with Crippen LogP contribution in [0.4, 0.5) is 5.69 Å². The smallest absolute Gasteiger partial charge is 0.357 e. The normalized spacial score (nSPS) is 10.2. The average Bonchev–Trinajstić information content (AvgIpc) is 2.51. The van der Waals surface area contributed by atoms with E-state index in [1.165, 1.54) is 39.7 Å². The van der Waals surface area contributed by atoms with Crippen LogP contribution in [0.15, 0.2) is 18.3 Å². The van der Waals surface area contributed by atoms with Crippen molar-refractivity contribution < 1.29 is 23.9 Å². The number of ether oxygens (including phenoxy) is 3. The van der Waals surface area contributed by atoms with Crippen molar-refractivity contribution in [3.63, 3.8) is 0 Å². The maximum absolute atomic E-state index is 11.8. The molecule has 1 aromatic heterocycles. The topological polar surface area (TPSA) is 101 Å². The molecule has 0 atom stereocenters. The SMILES string of the molecule is COC(=O)c1nccc2c(OC)c(OC)cc([N+](=O)[O-])c12. The Morgan fingerprint density at radius 1 is 1.29 bits per heavy atom. The van der Waals surface area contributed by atoms with Crippen LogP contribution in [0, 0.1) is 10.1 Å². The monoisotopic (exact) mass is 292 g/mol. The maximum atomic E-state index is 11.8. The maximum Gasteiger partial charge on any atom is 0.357 e. The van der Waals surface area contributed by atoms with E-state index in [1.54, 1.807) is 0 Å². The number of hydrogen-bond donors (Lipinski definition) is 0. The molecule has 0 fully saturated rings.